The van der Waals surface area contributed by atoms with Crippen LogP contribution in [0.5, 0.6) is 17.2 Å². The third-order valence-electron chi connectivity index (χ3n) is 3.02. The average Bonchev–Trinajstić information content (AvgIpc) is 2.49. The van der Waals surface area contributed by atoms with Gasteiger partial charge in [-0.2, -0.15) is 0 Å². The lowest BCUT2D eigenvalue weighted by Gasteiger charge is -2.17. The summed E-state index contributed by atoms with van der Waals surface area (Å²) in [5.41, 5.74) is 6.54. The lowest BCUT2D eigenvalue weighted by Crippen LogP contribution is -2.34. The number of alkyl halides is 1. The van der Waals surface area contributed by atoms with E-state index < -0.39 is 12.0 Å². The lowest BCUT2D eigenvalue weighted by molar-refractivity contribution is -0.138. The van der Waals surface area contributed by atoms with Gasteiger partial charge in [0.25, 0.3) is 0 Å². The lowest BCUT2D eigenvalue weighted by atomic mass is 10.1. The molecule has 0 bridgehead atoms. The second kappa shape index (κ2) is 8.16. The molecule has 122 valence electrons. The number of ether oxygens (including phenoxy) is 1. The molecule has 0 spiro atoms. The van der Waals surface area contributed by atoms with E-state index in [2.05, 4.69) is 22.6 Å². The molecule has 0 radical (unpaired) electrons. The normalized spacial score (nSPS) is 13.4. The molecule has 2 rings (SSSR count). The molecule has 0 fully saturated rings. The van der Waals surface area contributed by atoms with E-state index in [9.17, 15) is 9.90 Å². The number of carbonyl (C=O) groups is 1. The highest BCUT2D eigenvalue weighted by Crippen LogP contribution is 2.34. The molecule has 23 heavy (non-hydrogen) atoms. The van der Waals surface area contributed by atoms with Crippen molar-refractivity contribution < 1.29 is 19.7 Å². The first kappa shape index (κ1) is 19.0. The molecule has 0 heterocycles. The van der Waals surface area contributed by atoms with E-state index >= 15 is 0 Å². The molecular formula is C15H12I3NO4. The Kier molecular flexibility index (Phi) is 6.74. The van der Waals surface area contributed by atoms with Crippen LogP contribution in [-0.4, -0.2) is 22.2 Å². The average molecular weight is 651 g/mol. The van der Waals surface area contributed by atoms with Gasteiger partial charge < -0.3 is 20.7 Å². The quantitative estimate of drug-likeness (QED) is 0.332. The van der Waals surface area contributed by atoms with Crippen molar-refractivity contribution in [2.24, 2.45) is 5.73 Å². The highest BCUT2D eigenvalue weighted by atomic mass is 127. The van der Waals surface area contributed by atoms with Crippen molar-refractivity contribution in [1.29, 1.82) is 0 Å². The van der Waals surface area contributed by atoms with Gasteiger partial charge in [-0.15, -0.1) is 0 Å². The maximum atomic E-state index is 11.0. The summed E-state index contributed by atoms with van der Waals surface area (Å²) in [5, 5.41) is 18.5. The number of halogens is 3. The molecule has 4 N–H and O–H groups in total. The van der Waals surface area contributed by atoms with Crippen LogP contribution in [0.4, 0.5) is 0 Å². The highest BCUT2D eigenvalue weighted by Gasteiger charge is 2.25. The summed E-state index contributed by atoms with van der Waals surface area (Å²) >= 11 is 6.20. The zero-order valence-electron chi connectivity index (χ0n) is 11.5. The number of hydrogen-bond acceptors (Lipinski definition) is 4. The Hall–Kier alpha value is -0.340. The highest BCUT2D eigenvalue weighted by molar-refractivity contribution is 14.1. The van der Waals surface area contributed by atoms with Crippen molar-refractivity contribution in [3.05, 3.63) is 49.1 Å². The van der Waals surface area contributed by atoms with E-state index in [1.807, 2.05) is 57.3 Å². The monoisotopic (exact) mass is 651 g/mol. The summed E-state index contributed by atoms with van der Waals surface area (Å²) in [6, 6.07) is 9.45. The number of nitrogens with two attached hydrogens (primary N) is 1. The maximum absolute atomic E-state index is 11.0. The molecule has 2 aromatic rings. The number of aromatic hydroxyl groups is 1. The van der Waals surface area contributed by atoms with Crippen molar-refractivity contribution in [2.45, 2.75) is 9.97 Å². The molecule has 0 aliphatic heterocycles. The molecule has 1 unspecified atom stereocenters. The van der Waals surface area contributed by atoms with E-state index in [-0.39, 0.29) is 9.67 Å². The van der Waals surface area contributed by atoms with Crippen LogP contribution in [0.2, 0.25) is 0 Å². The third-order valence-corrected chi connectivity index (χ3v) is 6.27. The second-order valence-electron chi connectivity index (χ2n) is 4.66. The summed E-state index contributed by atoms with van der Waals surface area (Å²) in [7, 11) is 0. The van der Waals surface area contributed by atoms with Crippen molar-refractivity contribution in [1.82, 2.24) is 0 Å². The van der Waals surface area contributed by atoms with Crippen LogP contribution in [0.3, 0.4) is 0 Å². The summed E-state index contributed by atoms with van der Waals surface area (Å²) in [6.07, 6.45) is 0. The van der Waals surface area contributed by atoms with Crippen molar-refractivity contribution >= 4 is 73.7 Å². The van der Waals surface area contributed by atoms with E-state index in [0.29, 0.717) is 15.1 Å². The first-order valence-electron chi connectivity index (χ1n) is 6.38. The van der Waals surface area contributed by atoms with Gasteiger partial charge in [-0.25, -0.2) is 0 Å². The number of carboxylic acids is 1. The maximum Gasteiger partial charge on any atom is 0.321 e. The van der Waals surface area contributed by atoms with Gasteiger partial charge in [0.15, 0.2) is 0 Å². The number of hydrogen-bond donors (Lipinski definition) is 3. The number of phenolic OH excluding ortho intramolecular Hbond substituents is 1. The Morgan fingerprint density at radius 1 is 1.09 bits per heavy atom. The predicted octanol–water partition coefficient (Wildman–Crippen LogP) is 4.28. The summed E-state index contributed by atoms with van der Waals surface area (Å²) in [6.45, 7) is 0. The van der Waals surface area contributed by atoms with Crippen LogP contribution < -0.4 is 10.5 Å². The summed E-state index contributed by atoms with van der Waals surface area (Å²) < 4.78 is 7.01. The van der Waals surface area contributed by atoms with E-state index in [4.69, 9.17) is 15.6 Å². The number of carboxylic acid groups (broad SMARTS) is 1. The zero-order valence-corrected chi connectivity index (χ0v) is 18.0. The Labute approximate surface area is 174 Å². The Morgan fingerprint density at radius 3 is 2.17 bits per heavy atom. The van der Waals surface area contributed by atoms with Gasteiger partial charge in [0, 0.05) is 3.57 Å². The number of aliphatic carboxylic acids is 1. The molecule has 0 aliphatic carbocycles. The zero-order chi connectivity index (χ0) is 17.1. The van der Waals surface area contributed by atoms with Gasteiger partial charge in [0.2, 0.25) is 0 Å². The minimum Gasteiger partial charge on any atom is -0.507 e. The fourth-order valence-corrected chi connectivity index (χ4v) is 4.56. The van der Waals surface area contributed by atoms with Crippen molar-refractivity contribution in [3.63, 3.8) is 0 Å². The van der Waals surface area contributed by atoms with Crippen molar-refractivity contribution in [2.75, 3.05) is 0 Å². The molecular weight excluding hydrogens is 639 g/mol. The van der Waals surface area contributed by atoms with Crippen LogP contribution in [0.25, 0.3) is 0 Å². The largest absolute Gasteiger partial charge is 0.507 e. The SMILES string of the molecule is N[C@H](C(=O)O)C(I)c1ccc(Oc2ccc(O)c(I)c2)cc1I. The third kappa shape index (κ3) is 4.82. The van der Waals surface area contributed by atoms with Crippen LogP contribution in [0, 0.1) is 7.14 Å². The molecule has 2 aromatic carbocycles. The minimum absolute atomic E-state index is 0.207. The molecule has 0 saturated carbocycles. The molecule has 0 aromatic heterocycles. The van der Waals surface area contributed by atoms with Gasteiger partial charge in [0.1, 0.15) is 23.3 Å². The molecule has 5 nitrogen and oxygen atoms in total. The fraction of sp³-hybridized carbons (Fsp3) is 0.133. The Bertz CT molecular complexity index is 739. The first-order valence-corrected chi connectivity index (χ1v) is 9.78. The molecule has 8 heteroatoms. The van der Waals surface area contributed by atoms with Gasteiger partial charge >= 0.3 is 5.97 Å². The summed E-state index contributed by atoms with van der Waals surface area (Å²) in [4.78, 5) is 11.0. The second-order valence-corrected chi connectivity index (χ2v) is 8.33. The van der Waals surface area contributed by atoms with Gasteiger partial charge in [-0.1, -0.05) is 28.7 Å². The van der Waals surface area contributed by atoms with Crippen LogP contribution in [0.1, 0.15) is 9.49 Å². The van der Waals surface area contributed by atoms with E-state index in [1.54, 1.807) is 24.3 Å². The smallest absolute Gasteiger partial charge is 0.321 e. The molecule has 2 atom stereocenters. The number of benzene rings is 2. The number of rotatable bonds is 5. The van der Waals surface area contributed by atoms with E-state index in [1.165, 1.54) is 0 Å². The Morgan fingerprint density at radius 2 is 1.65 bits per heavy atom. The number of phenols is 1. The minimum atomic E-state index is -1.03. The summed E-state index contributed by atoms with van der Waals surface area (Å²) in [5.74, 6) is 0.425. The predicted molar refractivity (Wildman–Crippen MR) is 112 cm³/mol. The van der Waals surface area contributed by atoms with E-state index in [0.717, 1.165) is 9.13 Å². The standard InChI is InChI=1S/C15H12I3NO4/c16-10-5-7(23-8-2-4-12(20)11(17)6-8)1-3-9(10)13(18)14(19)15(21)22/h1-6,13-14,20H,19H2,(H,21,22)/t13?,14-/m0/s1. The van der Waals surface area contributed by atoms with Gasteiger partial charge in [-0.05, 0) is 81.1 Å². The molecule has 0 saturated heterocycles. The van der Waals surface area contributed by atoms with Crippen LogP contribution in [0.15, 0.2) is 36.4 Å². The first-order chi connectivity index (χ1) is 10.8. The van der Waals surface area contributed by atoms with Gasteiger partial charge in [0.05, 0.1) is 7.49 Å². The van der Waals surface area contributed by atoms with Crippen LogP contribution in [-0.2, 0) is 4.79 Å². The van der Waals surface area contributed by atoms with Crippen LogP contribution >= 0.6 is 67.8 Å². The molecule has 0 aliphatic rings. The fourth-order valence-electron chi connectivity index (χ4n) is 1.80. The Balaban J connectivity index is 2.21. The van der Waals surface area contributed by atoms with Gasteiger partial charge in [-0.3, -0.25) is 4.79 Å². The van der Waals surface area contributed by atoms with Crippen molar-refractivity contribution in [3.8, 4) is 17.2 Å². The topological polar surface area (TPSA) is 92.8 Å². The molecule has 0 amide bonds.